The van der Waals surface area contributed by atoms with Crippen LogP contribution in [0.2, 0.25) is 0 Å². The van der Waals surface area contributed by atoms with Crippen LogP contribution in [0.5, 0.6) is 5.75 Å². The molecule has 0 aromatic heterocycles. The minimum atomic E-state index is -0.256. The fourth-order valence-electron chi connectivity index (χ4n) is 3.59. The molecule has 2 aromatic rings. The van der Waals surface area contributed by atoms with E-state index in [2.05, 4.69) is 10.6 Å². The Balaban J connectivity index is 1.60. The molecular weight excluding hydrogens is 328 g/mol. The Kier molecular flexibility index (Phi) is 5.26. The predicted molar refractivity (Wildman–Crippen MR) is 100 cm³/mol. The first-order valence-electron chi connectivity index (χ1n) is 8.90. The van der Waals surface area contributed by atoms with Crippen LogP contribution in [-0.2, 0) is 11.2 Å². The molecular formula is C21H24N2O3. The lowest BCUT2D eigenvalue weighted by molar-refractivity contribution is -0.121. The Morgan fingerprint density at radius 1 is 1.15 bits per heavy atom. The standard InChI is InChI=1S/C21H24N2O3/c1-13-9-14(2)11-15(10-13)21(26)22-12-20(25)23-18-7-3-6-17-16(18)5-4-8-19(17)24/h4-5,8-11,18,24H,3,6-7,12H2,1-2H3,(H,22,26)(H,23,25)/t18-/m1/s1. The van der Waals surface area contributed by atoms with E-state index in [9.17, 15) is 14.7 Å². The van der Waals surface area contributed by atoms with Gasteiger partial charge < -0.3 is 15.7 Å². The lowest BCUT2D eigenvalue weighted by Crippen LogP contribution is -2.39. The molecule has 3 rings (SSSR count). The van der Waals surface area contributed by atoms with E-state index < -0.39 is 0 Å². The summed E-state index contributed by atoms with van der Waals surface area (Å²) in [6, 6.07) is 10.9. The predicted octanol–water partition coefficient (Wildman–Crippen LogP) is 2.93. The van der Waals surface area contributed by atoms with Gasteiger partial charge in [0.05, 0.1) is 12.6 Å². The minimum Gasteiger partial charge on any atom is -0.508 e. The zero-order valence-corrected chi connectivity index (χ0v) is 15.1. The summed E-state index contributed by atoms with van der Waals surface area (Å²) in [5, 5.41) is 15.6. The first-order chi connectivity index (χ1) is 12.4. The van der Waals surface area contributed by atoms with Gasteiger partial charge in [0.25, 0.3) is 5.91 Å². The molecule has 2 aromatic carbocycles. The van der Waals surface area contributed by atoms with E-state index in [-0.39, 0.29) is 30.2 Å². The number of phenolic OH excluding ortho intramolecular Hbond substituents is 1. The van der Waals surface area contributed by atoms with Crippen LogP contribution >= 0.6 is 0 Å². The summed E-state index contributed by atoms with van der Waals surface area (Å²) in [6.45, 7) is 3.80. The highest BCUT2D eigenvalue weighted by Gasteiger charge is 2.23. The van der Waals surface area contributed by atoms with Crippen LogP contribution in [0, 0.1) is 13.8 Å². The van der Waals surface area contributed by atoms with E-state index in [0.29, 0.717) is 5.56 Å². The number of rotatable bonds is 4. The molecule has 0 fully saturated rings. The highest BCUT2D eigenvalue weighted by Crippen LogP contribution is 2.34. The largest absolute Gasteiger partial charge is 0.508 e. The molecule has 2 amide bonds. The third kappa shape index (κ3) is 4.04. The maximum atomic E-state index is 12.3. The second-order valence-corrected chi connectivity index (χ2v) is 6.92. The smallest absolute Gasteiger partial charge is 0.251 e. The maximum Gasteiger partial charge on any atom is 0.251 e. The van der Waals surface area contributed by atoms with Crippen LogP contribution in [-0.4, -0.2) is 23.5 Å². The van der Waals surface area contributed by atoms with Crippen LogP contribution in [0.25, 0.3) is 0 Å². The van der Waals surface area contributed by atoms with Gasteiger partial charge in [-0.2, -0.15) is 0 Å². The van der Waals surface area contributed by atoms with Gasteiger partial charge in [-0.25, -0.2) is 0 Å². The fourth-order valence-corrected chi connectivity index (χ4v) is 3.59. The number of hydrogen-bond acceptors (Lipinski definition) is 3. The molecule has 1 aliphatic carbocycles. The number of phenols is 1. The average molecular weight is 352 g/mol. The molecule has 5 nitrogen and oxygen atoms in total. The topological polar surface area (TPSA) is 78.4 Å². The van der Waals surface area contributed by atoms with Gasteiger partial charge in [0.1, 0.15) is 5.75 Å². The molecule has 26 heavy (non-hydrogen) atoms. The Bertz CT molecular complexity index is 825. The van der Waals surface area contributed by atoms with E-state index in [1.54, 1.807) is 24.3 Å². The molecule has 0 bridgehead atoms. The van der Waals surface area contributed by atoms with Crippen molar-refractivity contribution in [3.8, 4) is 5.75 Å². The zero-order valence-electron chi connectivity index (χ0n) is 15.1. The van der Waals surface area contributed by atoms with E-state index in [0.717, 1.165) is 41.5 Å². The molecule has 0 saturated heterocycles. The van der Waals surface area contributed by atoms with Crippen LogP contribution in [0.15, 0.2) is 36.4 Å². The number of nitrogens with one attached hydrogen (secondary N) is 2. The summed E-state index contributed by atoms with van der Waals surface area (Å²) < 4.78 is 0. The van der Waals surface area contributed by atoms with Crippen molar-refractivity contribution in [3.63, 3.8) is 0 Å². The fraction of sp³-hybridized carbons (Fsp3) is 0.333. The monoisotopic (exact) mass is 352 g/mol. The normalized spacial score (nSPS) is 15.8. The molecule has 0 unspecified atom stereocenters. The van der Waals surface area contributed by atoms with Gasteiger partial charge in [-0.3, -0.25) is 9.59 Å². The summed E-state index contributed by atoms with van der Waals surface area (Å²) in [5.74, 6) is -0.206. The van der Waals surface area contributed by atoms with Crippen LogP contribution in [0.4, 0.5) is 0 Å². The molecule has 3 N–H and O–H groups in total. The Hall–Kier alpha value is -2.82. The van der Waals surface area contributed by atoms with Gasteiger partial charge in [-0.1, -0.05) is 29.3 Å². The summed E-state index contributed by atoms with van der Waals surface area (Å²) in [7, 11) is 0. The van der Waals surface area contributed by atoms with Crippen molar-refractivity contribution in [1.29, 1.82) is 0 Å². The van der Waals surface area contributed by atoms with Crippen molar-refractivity contribution in [2.45, 2.75) is 39.2 Å². The van der Waals surface area contributed by atoms with Crippen molar-refractivity contribution in [2.24, 2.45) is 0 Å². The third-order valence-corrected chi connectivity index (χ3v) is 4.71. The number of aryl methyl sites for hydroxylation is 2. The third-order valence-electron chi connectivity index (χ3n) is 4.71. The van der Waals surface area contributed by atoms with Gasteiger partial charge in [0, 0.05) is 5.56 Å². The minimum absolute atomic E-state index is 0.0729. The van der Waals surface area contributed by atoms with Crippen molar-refractivity contribution in [2.75, 3.05) is 6.54 Å². The highest BCUT2D eigenvalue weighted by atomic mass is 16.3. The van der Waals surface area contributed by atoms with E-state index in [1.165, 1.54) is 0 Å². The SMILES string of the molecule is Cc1cc(C)cc(C(=O)NCC(=O)N[C@@H]2CCCc3c(O)cccc32)c1. The quantitative estimate of drug-likeness (QED) is 0.792. The van der Waals surface area contributed by atoms with Crippen molar-refractivity contribution in [1.82, 2.24) is 10.6 Å². The number of aromatic hydroxyl groups is 1. The lowest BCUT2D eigenvalue weighted by Gasteiger charge is -2.27. The molecule has 5 heteroatoms. The number of benzene rings is 2. The molecule has 0 aliphatic heterocycles. The van der Waals surface area contributed by atoms with Crippen molar-refractivity contribution >= 4 is 11.8 Å². The van der Waals surface area contributed by atoms with Gasteiger partial charge in [-0.05, 0) is 62.4 Å². The molecule has 0 spiro atoms. The van der Waals surface area contributed by atoms with Crippen molar-refractivity contribution < 1.29 is 14.7 Å². The number of amides is 2. The van der Waals surface area contributed by atoms with Gasteiger partial charge in [0.15, 0.2) is 0 Å². The number of hydrogen-bond donors (Lipinski definition) is 3. The molecule has 1 atom stereocenters. The summed E-state index contributed by atoms with van der Waals surface area (Å²) in [6.07, 6.45) is 2.55. The molecule has 0 radical (unpaired) electrons. The number of carbonyl (C=O) groups excluding carboxylic acids is 2. The van der Waals surface area contributed by atoms with Crippen molar-refractivity contribution in [3.05, 3.63) is 64.2 Å². The maximum absolute atomic E-state index is 12.3. The van der Waals surface area contributed by atoms with Gasteiger partial charge in [0.2, 0.25) is 5.91 Å². The number of fused-ring (bicyclic) bond motifs is 1. The second-order valence-electron chi connectivity index (χ2n) is 6.92. The summed E-state index contributed by atoms with van der Waals surface area (Å²) >= 11 is 0. The van der Waals surface area contributed by atoms with Gasteiger partial charge >= 0.3 is 0 Å². The lowest BCUT2D eigenvalue weighted by atomic mass is 9.87. The summed E-state index contributed by atoms with van der Waals surface area (Å²) in [5.41, 5.74) is 4.45. The second kappa shape index (κ2) is 7.60. The van der Waals surface area contributed by atoms with E-state index >= 15 is 0 Å². The highest BCUT2D eigenvalue weighted by molar-refractivity contribution is 5.96. The van der Waals surface area contributed by atoms with E-state index in [4.69, 9.17) is 0 Å². The molecule has 1 aliphatic rings. The first-order valence-corrected chi connectivity index (χ1v) is 8.90. The van der Waals surface area contributed by atoms with Gasteiger partial charge in [-0.15, -0.1) is 0 Å². The van der Waals surface area contributed by atoms with Crippen LogP contribution in [0.3, 0.4) is 0 Å². The zero-order chi connectivity index (χ0) is 18.7. The number of carbonyl (C=O) groups is 2. The first kappa shape index (κ1) is 18.0. The summed E-state index contributed by atoms with van der Waals surface area (Å²) in [4.78, 5) is 24.6. The Morgan fingerprint density at radius 3 is 2.62 bits per heavy atom. The van der Waals surface area contributed by atoms with Crippen LogP contribution < -0.4 is 10.6 Å². The molecule has 0 saturated carbocycles. The molecule has 136 valence electrons. The Morgan fingerprint density at radius 2 is 1.88 bits per heavy atom. The Labute approximate surface area is 153 Å². The average Bonchev–Trinajstić information content (AvgIpc) is 2.60. The molecule has 0 heterocycles. The van der Waals surface area contributed by atoms with E-state index in [1.807, 2.05) is 26.0 Å². The van der Waals surface area contributed by atoms with Crippen LogP contribution in [0.1, 0.15) is 51.5 Å².